The number of pyridine rings is 1. The Bertz CT molecular complexity index is 1020. The zero-order valence-electron chi connectivity index (χ0n) is 19.3. The van der Waals surface area contributed by atoms with Gasteiger partial charge >= 0.3 is 17.1 Å². The van der Waals surface area contributed by atoms with Gasteiger partial charge in [-0.1, -0.05) is 12.5 Å². The van der Waals surface area contributed by atoms with E-state index in [2.05, 4.69) is 16.4 Å². The summed E-state index contributed by atoms with van der Waals surface area (Å²) >= 11 is 5.18. The minimum atomic E-state index is -4.67. The molecule has 1 aromatic carbocycles. The second-order valence-corrected chi connectivity index (χ2v) is 10.7. The van der Waals surface area contributed by atoms with Crippen molar-refractivity contribution in [3.8, 4) is 5.75 Å². The van der Waals surface area contributed by atoms with Crippen LogP contribution >= 0.6 is 6.72 Å². The van der Waals surface area contributed by atoms with Crippen LogP contribution in [0.25, 0.3) is 0 Å². The number of nitrogens with one attached hydrogen (secondary N) is 1. The highest BCUT2D eigenvalue weighted by atomic mass is 32.5. The number of non-ortho nitro benzene ring substituents is 1. The molecule has 1 fully saturated rings. The lowest BCUT2D eigenvalue weighted by Crippen LogP contribution is -2.26. The maximum absolute atomic E-state index is 10.5. The lowest BCUT2D eigenvalue weighted by atomic mass is 9.99. The molecular formula is C20H30N3O9PS2. The second kappa shape index (κ2) is 15.9. The van der Waals surface area contributed by atoms with E-state index in [9.17, 15) is 10.1 Å². The van der Waals surface area contributed by atoms with Crippen LogP contribution in [-0.2, 0) is 31.3 Å². The molecule has 2 heterocycles. The quantitative estimate of drug-likeness (QED) is 0.182. The Morgan fingerprint density at radius 3 is 2.20 bits per heavy atom. The predicted molar refractivity (Wildman–Crippen MR) is 134 cm³/mol. The normalized spacial score (nSPS) is 15.6. The molecule has 1 saturated heterocycles. The molecule has 12 nitrogen and oxygen atoms in total. The third-order valence-electron chi connectivity index (χ3n) is 4.24. The maximum Gasteiger partial charge on any atom is 0.394 e. The average molecular weight is 552 g/mol. The SMILES string of the molecule is CCOP(=S)(OCC)Oc1ccc([N+](=O)[O-])cc1.O=S(=O)(O)O.c1cncc([C@@H]2CCCCN2)c1. The Balaban J connectivity index is 0.000000308. The van der Waals surface area contributed by atoms with Crippen molar-refractivity contribution in [1.29, 1.82) is 0 Å². The third kappa shape index (κ3) is 14.2. The number of nitro groups is 1. The number of piperidine rings is 1. The fourth-order valence-electron chi connectivity index (χ4n) is 2.88. The van der Waals surface area contributed by atoms with Gasteiger partial charge < -0.3 is 9.84 Å². The third-order valence-corrected chi connectivity index (χ3v) is 6.68. The number of aromatic nitrogens is 1. The van der Waals surface area contributed by atoms with Gasteiger partial charge in [0, 0.05) is 42.4 Å². The highest BCUT2D eigenvalue weighted by molar-refractivity contribution is 8.07. The van der Waals surface area contributed by atoms with E-state index in [0.29, 0.717) is 25.0 Å². The Labute approximate surface area is 210 Å². The molecule has 3 rings (SSSR count). The molecule has 1 aliphatic rings. The van der Waals surface area contributed by atoms with Crippen molar-refractivity contribution in [2.24, 2.45) is 0 Å². The molecule has 0 unspecified atom stereocenters. The Morgan fingerprint density at radius 2 is 1.77 bits per heavy atom. The molecular weight excluding hydrogens is 521 g/mol. The van der Waals surface area contributed by atoms with Crippen LogP contribution in [0.4, 0.5) is 5.69 Å². The van der Waals surface area contributed by atoms with E-state index in [1.54, 1.807) is 13.8 Å². The van der Waals surface area contributed by atoms with Crippen LogP contribution in [0.5, 0.6) is 5.75 Å². The minimum Gasteiger partial charge on any atom is -0.424 e. The molecule has 15 heteroatoms. The van der Waals surface area contributed by atoms with Crippen LogP contribution in [0.1, 0.15) is 44.7 Å². The standard InChI is InChI=1S/C10H14N2.C10H14NO5PS.H2O4S/c1-2-7-12-10(5-1)9-4-3-6-11-8-9;1-3-14-17(18,15-4-2)16-10-7-5-9(6-8-10)11(12)13;1-5(2,3)4/h3-4,6,8,10,12H,1-2,5,7H2;5-8H,3-4H2,1-2H3;(H2,1,2,3,4)/t10-;;/m0../s1. The zero-order chi connectivity index (χ0) is 26.3. The first-order valence-corrected chi connectivity index (χ1v) is 14.6. The van der Waals surface area contributed by atoms with E-state index in [-0.39, 0.29) is 5.69 Å². The first-order chi connectivity index (χ1) is 16.5. The van der Waals surface area contributed by atoms with Crippen molar-refractivity contribution in [3.63, 3.8) is 0 Å². The summed E-state index contributed by atoms with van der Waals surface area (Å²) in [4.78, 5) is 14.1. The Morgan fingerprint density at radius 1 is 1.17 bits per heavy atom. The zero-order valence-corrected chi connectivity index (χ0v) is 21.9. The van der Waals surface area contributed by atoms with Crippen LogP contribution in [0.3, 0.4) is 0 Å². The van der Waals surface area contributed by atoms with Gasteiger partial charge in [0.1, 0.15) is 5.75 Å². The van der Waals surface area contributed by atoms with Gasteiger partial charge in [0.15, 0.2) is 0 Å². The van der Waals surface area contributed by atoms with Crippen molar-refractivity contribution < 1.29 is 36.0 Å². The number of rotatable bonds is 8. The predicted octanol–water partition coefficient (Wildman–Crippen LogP) is 4.51. The Kier molecular flexibility index (Phi) is 14.0. The fourth-order valence-corrected chi connectivity index (χ4v) is 4.97. The largest absolute Gasteiger partial charge is 0.424 e. The summed E-state index contributed by atoms with van der Waals surface area (Å²) in [5.41, 5.74) is 1.32. The van der Waals surface area contributed by atoms with Crippen LogP contribution in [0, 0.1) is 10.1 Å². The van der Waals surface area contributed by atoms with Crippen molar-refractivity contribution in [2.75, 3.05) is 19.8 Å². The van der Waals surface area contributed by atoms with Gasteiger partial charge in [0.05, 0.1) is 18.1 Å². The fraction of sp³-hybridized carbons (Fsp3) is 0.450. The topological polar surface area (TPSA) is 170 Å². The van der Waals surface area contributed by atoms with Crippen LogP contribution in [0.15, 0.2) is 48.8 Å². The van der Waals surface area contributed by atoms with E-state index < -0.39 is 22.0 Å². The van der Waals surface area contributed by atoms with Crippen molar-refractivity contribution in [3.05, 3.63) is 64.5 Å². The van der Waals surface area contributed by atoms with E-state index in [1.165, 1.54) is 49.1 Å². The number of hydrogen-bond donors (Lipinski definition) is 3. The van der Waals surface area contributed by atoms with Gasteiger partial charge in [-0.15, -0.1) is 0 Å². The molecule has 0 aliphatic carbocycles. The van der Waals surface area contributed by atoms with Crippen molar-refractivity contribution >= 4 is 34.6 Å². The summed E-state index contributed by atoms with van der Waals surface area (Å²) in [5.74, 6) is 0.394. The lowest BCUT2D eigenvalue weighted by molar-refractivity contribution is -0.384. The van der Waals surface area contributed by atoms with Gasteiger partial charge in [-0.05, 0) is 57.0 Å². The highest BCUT2D eigenvalue weighted by Gasteiger charge is 2.21. The molecule has 35 heavy (non-hydrogen) atoms. The first kappa shape index (κ1) is 31.0. The molecule has 1 aliphatic heterocycles. The molecule has 0 amide bonds. The smallest absolute Gasteiger partial charge is 0.394 e. The highest BCUT2D eigenvalue weighted by Crippen LogP contribution is 2.49. The number of benzene rings is 1. The summed E-state index contributed by atoms with van der Waals surface area (Å²) in [5, 5.41) is 14.0. The average Bonchev–Trinajstić information content (AvgIpc) is 2.80. The Hall–Kier alpha value is -2.03. The molecule has 1 aromatic heterocycles. The van der Waals surface area contributed by atoms with E-state index >= 15 is 0 Å². The molecule has 196 valence electrons. The van der Waals surface area contributed by atoms with E-state index in [4.69, 9.17) is 42.9 Å². The number of hydrogen-bond acceptors (Lipinski definition) is 10. The molecule has 0 radical (unpaired) electrons. The van der Waals surface area contributed by atoms with E-state index in [0.717, 1.165) is 6.54 Å². The summed E-state index contributed by atoms with van der Waals surface area (Å²) in [6.07, 6.45) is 7.70. The van der Waals surface area contributed by atoms with Gasteiger partial charge in [0.2, 0.25) is 0 Å². The maximum atomic E-state index is 10.5. The van der Waals surface area contributed by atoms with Gasteiger partial charge in [0.25, 0.3) is 5.69 Å². The summed E-state index contributed by atoms with van der Waals surface area (Å²) in [6.45, 7) is 2.68. The van der Waals surface area contributed by atoms with Gasteiger partial charge in [-0.2, -0.15) is 8.42 Å². The molecule has 2 aromatic rings. The summed E-state index contributed by atoms with van der Waals surface area (Å²) in [7, 11) is -4.67. The van der Waals surface area contributed by atoms with Crippen LogP contribution in [-0.4, -0.2) is 47.2 Å². The van der Waals surface area contributed by atoms with Crippen LogP contribution < -0.4 is 9.84 Å². The molecule has 0 saturated carbocycles. The molecule has 3 N–H and O–H groups in total. The molecule has 0 bridgehead atoms. The lowest BCUT2D eigenvalue weighted by Gasteiger charge is -2.23. The number of nitro benzene ring substituents is 1. The summed E-state index contributed by atoms with van der Waals surface area (Å²) in [6, 6.07) is 10.3. The monoisotopic (exact) mass is 551 g/mol. The second-order valence-electron chi connectivity index (χ2n) is 6.86. The molecule has 1 atom stereocenters. The first-order valence-electron chi connectivity index (χ1n) is 10.6. The van der Waals surface area contributed by atoms with E-state index in [1.807, 2.05) is 18.5 Å². The van der Waals surface area contributed by atoms with Gasteiger partial charge in [-0.3, -0.25) is 33.3 Å². The molecule has 0 spiro atoms. The number of nitrogens with zero attached hydrogens (tertiary/aromatic N) is 2. The summed E-state index contributed by atoms with van der Waals surface area (Å²) < 4.78 is 47.7. The minimum absolute atomic E-state index is 0.0107. The van der Waals surface area contributed by atoms with Crippen LogP contribution in [0.2, 0.25) is 0 Å². The van der Waals surface area contributed by atoms with Crippen molar-refractivity contribution in [2.45, 2.75) is 39.2 Å². The van der Waals surface area contributed by atoms with Crippen molar-refractivity contribution in [1.82, 2.24) is 10.3 Å². The van der Waals surface area contributed by atoms with Gasteiger partial charge in [-0.25, -0.2) is 0 Å².